The number of ether oxygens (including phenoxy) is 2. The Labute approximate surface area is 129 Å². The van der Waals surface area contributed by atoms with Gasteiger partial charge in [0.1, 0.15) is 10.7 Å². The number of nitrogens with one attached hydrogen (secondary N) is 1. The molecule has 1 aliphatic rings. The molecule has 112 valence electrons. The number of carbonyl (C=O) groups excluding carboxylic acids is 1. The molecule has 22 heavy (non-hydrogen) atoms. The second-order valence-electron chi connectivity index (χ2n) is 4.84. The summed E-state index contributed by atoms with van der Waals surface area (Å²) < 4.78 is 12.2. The van der Waals surface area contributed by atoms with Crippen LogP contribution in [0.25, 0.3) is 4.96 Å². The first-order valence-electron chi connectivity index (χ1n) is 6.68. The van der Waals surface area contributed by atoms with E-state index in [0.717, 1.165) is 16.3 Å². The normalized spacial score (nSPS) is 12.8. The van der Waals surface area contributed by atoms with E-state index in [2.05, 4.69) is 15.4 Å². The van der Waals surface area contributed by atoms with Gasteiger partial charge in [-0.15, -0.1) is 0 Å². The Morgan fingerprint density at radius 2 is 2.27 bits per heavy atom. The van der Waals surface area contributed by atoms with E-state index in [9.17, 15) is 4.79 Å². The zero-order valence-electron chi connectivity index (χ0n) is 11.7. The molecule has 3 heterocycles. The van der Waals surface area contributed by atoms with Crippen LogP contribution in [0.4, 0.5) is 0 Å². The molecule has 4 rings (SSSR count). The summed E-state index contributed by atoms with van der Waals surface area (Å²) in [6, 6.07) is 5.59. The smallest absolute Gasteiger partial charge is 0.271 e. The number of benzene rings is 1. The average Bonchev–Trinajstić information content (AvgIpc) is 3.17. The minimum atomic E-state index is -0.229. The van der Waals surface area contributed by atoms with Crippen LogP contribution in [0.15, 0.2) is 24.4 Å². The van der Waals surface area contributed by atoms with Crippen molar-refractivity contribution in [3.8, 4) is 11.5 Å². The standard InChI is InChI=1S/C14H12N4O3S/c1-8-17-18-6-10(16-14(18)22-8)13(19)15-5-9-2-3-11-12(4-9)21-7-20-11/h2-4,6H,5,7H2,1H3,(H,15,19). The quantitative estimate of drug-likeness (QED) is 0.796. The average molecular weight is 316 g/mol. The summed E-state index contributed by atoms with van der Waals surface area (Å²) >= 11 is 1.45. The maximum atomic E-state index is 12.1. The molecule has 7 nitrogen and oxygen atoms in total. The van der Waals surface area contributed by atoms with Crippen molar-refractivity contribution in [3.63, 3.8) is 0 Å². The van der Waals surface area contributed by atoms with Crippen molar-refractivity contribution in [2.45, 2.75) is 13.5 Å². The van der Waals surface area contributed by atoms with E-state index >= 15 is 0 Å². The van der Waals surface area contributed by atoms with Gasteiger partial charge in [-0.1, -0.05) is 17.4 Å². The van der Waals surface area contributed by atoms with Crippen molar-refractivity contribution in [3.05, 3.63) is 40.7 Å². The van der Waals surface area contributed by atoms with Crippen molar-refractivity contribution in [2.24, 2.45) is 0 Å². The van der Waals surface area contributed by atoms with Crippen LogP contribution in [0.3, 0.4) is 0 Å². The molecule has 0 radical (unpaired) electrons. The van der Waals surface area contributed by atoms with Gasteiger partial charge in [0.05, 0.1) is 6.20 Å². The second-order valence-corrected chi connectivity index (χ2v) is 6.00. The molecule has 2 aromatic heterocycles. The predicted octanol–water partition coefficient (Wildman–Crippen LogP) is 1.76. The van der Waals surface area contributed by atoms with E-state index in [0.29, 0.717) is 22.9 Å². The molecular formula is C14H12N4O3S. The fourth-order valence-corrected chi connectivity index (χ4v) is 2.96. The molecule has 0 aliphatic carbocycles. The molecule has 0 spiro atoms. The largest absolute Gasteiger partial charge is 0.454 e. The van der Waals surface area contributed by atoms with Gasteiger partial charge in [-0.3, -0.25) is 4.79 Å². The Bertz CT molecular complexity index is 839. The van der Waals surface area contributed by atoms with Gasteiger partial charge in [-0.2, -0.15) is 5.10 Å². The number of nitrogens with zero attached hydrogens (tertiary/aromatic N) is 3. The molecular weight excluding hydrogens is 304 g/mol. The summed E-state index contributed by atoms with van der Waals surface area (Å²) in [4.78, 5) is 17.1. The minimum absolute atomic E-state index is 0.229. The minimum Gasteiger partial charge on any atom is -0.454 e. The Kier molecular flexibility index (Phi) is 2.97. The monoisotopic (exact) mass is 316 g/mol. The Hall–Kier alpha value is -2.61. The topological polar surface area (TPSA) is 77.8 Å². The first-order valence-corrected chi connectivity index (χ1v) is 7.50. The summed E-state index contributed by atoms with van der Waals surface area (Å²) in [7, 11) is 0. The van der Waals surface area contributed by atoms with Crippen molar-refractivity contribution in [2.75, 3.05) is 6.79 Å². The van der Waals surface area contributed by atoms with E-state index in [4.69, 9.17) is 9.47 Å². The summed E-state index contributed by atoms with van der Waals surface area (Å²) in [5, 5.41) is 7.99. The third-order valence-corrected chi connectivity index (χ3v) is 4.10. The van der Waals surface area contributed by atoms with Crippen LogP contribution in [0.5, 0.6) is 11.5 Å². The van der Waals surface area contributed by atoms with E-state index in [1.54, 1.807) is 10.7 Å². The first kappa shape index (κ1) is 13.1. The molecule has 0 saturated heterocycles. The molecule has 1 aromatic carbocycles. The Balaban J connectivity index is 1.46. The first-order chi connectivity index (χ1) is 10.7. The second kappa shape index (κ2) is 4.99. The van der Waals surface area contributed by atoms with Gasteiger partial charge in [-0.25, -0.2) is 9.50 Å². The van der Waals surface area contributed by atoms with E-state index < -0.39 is 0 Å². The zero-order valence-corrected chi connectivity index (χ0v) is 12.5. The van der Waals surface area contributed by atoms with E-state index in [1.807, 2.05) is 25.1 Å². The highest BCUT2D eigenvalue weighted by molar-refractivity contribution is 7.16. The van der Waals surface area contributed by atoms with Crippen LogP contribution in [0.1, 0.15) is 21.1 Å². The number of rotatable bonds is 3. The molecule has 0 unspecified atom stereocenters. The van der Waals surface area contributed by atoms with Crippen LogP contribution in [0.2, 0.25) is 0 Å². The molecule has 3 aromatic rings. The maximum Gasteiger partial charge on any atom is 0.271 e. The third kappa shape index (κ3) is 2.27. The SMILES string of the molecule is Cc1nn2cc(C(=O)NCc3ccc4c(c3)OCO4)nc2s1. The van der Waals surface area contributed by atoms with Crippen molar-refractivity contribution >= 4 is 22.2 Å². The van der Waals surface area contributed by atoms with Gasteiger partial charge < -0.3 is 14.8 Å². The molecule has 1 amide bonds. The number of carbonyl (C=O) groups is 1. The fraction of sp³-hybridized carbons (Fsp3) is 0.214. The van der Waals surface area contributed by atoms with Gasteiger partial charge in [0.2, 0.25) is 11.8 Å². The molecule has 0 fully saturated rings. The van der Waals surface area contributed by atoms with Crippen LogP contribution in [-0.4, -0.2) is 27.3 Å². The highest BCUT2D eigenvalue weighted by atomic mass is 32.1. The maximum absolute atomic E-state index is 12.1. The summed E-state index contributed by atoms with van der Waals surface area (Å²) in [5.41, 5.74) is 1.30. The number of fused-ring (bicyclic) bond motifs is 2. The molecule has 0 bridgehead atoms. The number of aryl methyl sites for hydroxylation is 1. The van der Waals surface area contributed by atoms with Crippen molar-refractivity contribution in [1.29, 1.82) is 0 Å². The number of amides is 1. The number of imidazole rings is 1. The zero-order chi connectivity index (χ0) is 15.1. The van der Waals surface area contributed by atoms with Gasteiger partial charge in [0.25, 0.3) is 5.91 Å². The Morgan fingerprint density at radius 1 is 1.41 bits per heavy atom. The van der Waals surface area contributed by atoms with Crippen LogP contribution in [-0.2, 0) is 6.54 Å². The van der Waals surface area contributed by atoms with Gasteiger partial charge in [0.15, 0.2) is 11.5 Å². The molecule has 0 saturated carbocycles. The highest BCUT2D eigenvalue weighted by Crippen LogP contribution is 2.32. The van der Waals surface area contributed by atoms with Crippen molar-refractivity contribution in [1.82, 2.24) is 19.9 Å². The summed E-state index contributed by atoms with van der Waals surface area (Å²) in [5.74, 6) is 1.20. The number of hydrogen-bond donors (Lipinski definition) is 1. The summed E-state index contributed by atoms with van der Waals surface area (Å²) in [6.07, 6.45) is 1.63. The molecule has 0 atom stereocenters. The van der Waals surface area contributed by atoms with Gasteiger partial charge in [-0.05, 0) is 24.6 Å². The third-order valence-electron chi connectivity index (χ3n) is 3.27. The van der Waals surface area contributed by atoms with Crippen LogP contribution >= 0.6 is 11.3 Å². The lowest BCUT2D eigenvalue weighted by atomic mass is 10.2. The van der Waals surface area contributed by atoms with Gasteiger partial charge >= 0.3 is 0 Å². The van der Waals surface area contributed by atoms with Crippen molar-refractivity contribution < 1.29 is 14.3 Å². The fourth-order valence-electron chi connectivity index (χ4n) is 2.23. The lowest BCUT2D eigenvalue weighted by Gasteiger charge is -2.04. The Morgan fingerprint density at radius 3 is 3.14 bits per heavy atom. The molecule has 1 aliphatic heterocycles. The van der Waals surface area contributed by atoms with E-state index in [-0.39, 0.29) is 12.7 Å². The number of aromatic nitrogens is 3. The predicted molar refractivity (Wildman–Crippen MR) is 79.3 cm³/mol. The lowest BCUT2D eigenvalue weighted by Crippen LogP contribution is -2.23. The van der Waals surface area contributed by atoms with E-state index in [1.165, 1.54) is 11.3 Å². The molecule has 1 N–H and O–H groups in total. The van der Waals surface area contributed by atoms with Crippen LogP contribution in [0, 0.1) is 6.92 Å². The van der Waals surface area contributed by atoms with Gasteiger partial charge in [0, 0.05) is 6.54 Å². The lowest BCUT2D eigenvalue weighted by molar-refractivity contribution is 0.0946. The summed E-state index contributed by atoms with van der Waals surface area (Å²) in [6.45, 7) is 2.54. The van der Waals surface area contributed by atoms with Crippen LogP contribution < -0.4 is 14.8 Å². The highest BCUT2D eigenvalue weighted by Gasteiger charge is 2.15. The number of hydrogen-bond acceptors (Lipinski definition) is 6. The molecule has 8 heteroatoms.